The Bertz CT molecular complexity index is 1020. The van der Waals surface area contributed by atoms with Crippen LogP contribution in [0.3, 0.4) is 0 Å². The largest absolute Gasteiger partial charge is 0.443 e. The van der Waals surface area contributed by atoms with E-state index in [0.717, 1.165) is 4.57 Å². The zero-order valence-corrected chi connectivity index (χ0v) is 17.5. The number of aromatic nitrogens is 3. The fourth-order valence-electron chi connectivity index (χ4n) is 2.46. The molecule has 9 heteroatoms. The lowest BCUT2D eigenvalue weighted by atomic mass is 10.2. The van der Waals surface area contributed by atoms with Gasteiger partial charge in [-0.1, -0.05) is 48.5 Å². The molecule has 0 aliphatic carbocycles. The molecule has 1 amide bonds. The predicted molar refractivity (Wildman–Crippen MR) is 113 cm³/mol. The topological polar surface area (TPSA) is 86.1 Å². The Hall–Kier alpha value is -3.20. The minimum Gasteiger partial charge on any atom is -0.443 e. The third kappa shape index (κ3) is 5.44. The van der Waals surface area contributed by atoms with Crippen molar-refractivity contribution in [2.75, 3.05) is 5.32 Å². The fraction of sp³-hybridized carbons (Fsp3) is 0.238. The van der Waals surface area contributed by atoms with Crippen LogP contribution in [0.1, 0.15) is 20.8 Å². The Balaban J connectivity index is 1.87. The average molecular weight is 428 g/mol. The molecule has 0 saturated carbocycles. The maximum atomic E-state index is 14.7. The fourth-order valence-corrected chi connectivity index (χ4v) is 3.16. The quantitative estimate of drug-likeness (QED) is 0.590. The van der Waals surface area contributed by atoms with Crippen LogP contribution >= 0.6 is 11.8 Å². The molecule has 1 unspecified atom stereocenters. The SMILES string of the molecule is CC(C)(C)OC(=O)n1c(SC(F)C(=O)Nc2ccccc2)nnc1-c1ccccc1. The molecule has 0 fully saturated rings. The summed E-state index contributed by atoms with van der Waals surface area (Å²) in [5, 5.41) is 10.3. The van der Waals surface area contributed by atoms with Crippen LogP contribution in [0.4, 0.5) is 14.9 Å². The van der Waals surface area contributed by atoms with Gasteiger partial charge in [-0.25, -0.2) is 13.8 Å². The summed E-state index contributed by atoms with van der Waals surface area (Å²) in [6.07, 6.45) is -0.760. The van der Waals surface area contributed by atoms with Gasteiger partial charge in [0.2, 0.25) is 10.7 Å². The second-order valence-electron chi connectivity index (χ2n) is 7.28. The zero-order chi connectivity index (χ0) is 21.7. The standard InChI is InChI=1S/C21H21FN4O3S/c1-21(2,3)29-20(28)26-17(14-10-6-4-7-11-14)24-25-19(26)30-16(22)18(27)23-15-12-8-5-9-13-15/h4-13,16H,1-3H3,(H,23,27). The van der Waals surface area contributed by atoms with Crippen molar-refractivity contribution in [2.24, 2.45) is 0 Å². The number of carbonyl (C=O) groups is 2. The van der Waals surface area contributed by atoms with Crippen molar-refractivity contribution in [3.8, 4) is 11.4 Å². The van der Waals surface area contributed by atoms with E-state index in [1.165, 1.54) is 0 Å². The lowest BCUT2D eigenvalue weighted by molar-refractivity contribution is -0.118. The van der Waals surface area contributed by atoms with Gasteiger partial charge in [0, 0.05) is 11.3 Å². The Morgan fingerprint density at radius 3 is 2.23 bits per heavy atom. The molecule has 1 heterocycles. The van der Waals surface area contributed by atoms with Crippen LogP contribution in [0.25, 0.3) is 11.4 Å². The van der Waals surface area contributed by atoms with Crippen molar-refractivity contribution in [1.29, 1.82) is 0 Å². The van der Waals surface area contributed by atoms with E-state index < -0.39 is 23.1 Å². The van der Waals surface area contributed by atoms with E-state index in [1.807, 2.05) is 6.07 Å². The Morgan fingerprint density at radius 2 is 1.63 bits per heavy atom. The molecule has 7 nitrogen and oxygen atoms in total. The second kappa shape index (κ2) is 9.08. The maximum Gasteiger partial charge on any atom is 0.422 e. The van der Waals surface area contributed by atoms with E-state index in [1.54, 1.807) is 75.4 Å². The summed E-state index contributed by atoms with van der Waals surface area (Å²) in [5.41, 5.74) is -1.73. The van der Waals surface area contributed by atoms with Gasteiger partial charge in [-0.2, -0.15) is 0 Å². The first-order valence-corrected chi connectivity index (χ1v) is 10.0. The van der Waals surface area contributed by atoms with Crippen molar-refractivity contribution < 1.29 is 18.7 Å². The number of carbonyl (C=O) groups excluding carboxylic acids is 2. The number of nitrogens with one attached hydrogen (secondary N) is 1. The monoisotopic (exact) mass is 428 g/mol. The van der Waals surface area contributed by atoms with E-state index in [0.29, 0.717) is 23.0 Å². The molecule has 0 spiro atoms. The van der Waals surface area contributed by atoms with Crippen LogP contribution in [0.15, 0.2) is 65.8 Å². The molecular weight excluding hydrogens is 407 g/mol. The lowest BCUT2D eigenvalue weighted by Gasteiger charge is -2.20. The van der Waals surface area contributed by atoms with E-state index in [4.69, 9.17) is 4.74 Å². The van der Waals surface area contributed by atoms with E-state index in [2.05, 4.69) is 15.5 Å². The first-order valence-electron chi connectivity index (χ1n) is 9.15. The number of alkyl halides is 1. The molecule has 1 N–H and O–H groups in total. The number of hydrogen-bond donors (Lipinski definition) is 1. The summed E-state index contributed by atoms with van der Waals surface area (Å²) >= 11 is 0.477. The molecule has 0 radical (unpaired) electrons. The van der Waals surface area contributed by atoms with Crippen molar-refractivity contribution in [3.05, 3.63) is 60.7 Å². The lowest BCUT2D eigenvalue weighted by Crippen LogP contribution is -2.28. The maximum absolute atomic E-state index is 14.7. The van der Waals surface area contributed by atoms with Crippen LogP contribution in [-0.2, 0) is 9.53 Å². The third-order valence-electron chi connectivity index (χ3n) is 3.70. The number of hydrogen-bond acceptors (Lipinski definition) is 6. The van der Waals surface area contributed by atoms with Crippen molar-refractivity contribution in [2.45, 2.75) is 37.0 Å². The number of para-hydroxylation sites is 1. The van der Waals surface area contributed by atoms with Crippen LogP contribution in [0.5, 0.6) is 0 Å². The number of thioether (sulfide) groups is 1. The molecule has 0 saturated heterocycles. The smallest absolute Gasteiger partial charge is 0.422 e. The van der Waals surface area contributed by atoms with Crippen molar-refractivity contribution >= 4 is 29.4 Å². The zero-order valence-electron chi connectivity index (χ0n) is 16.7. The molecule has 1 aromatic heterocycles. The number of ether oxygens (including phenoxy) is 1. The average Bonchev–Trinajstić information content (AvgIpc) is 3.12. The third-order valence-corrected chi connectivity index (χ3v) is 4.59. The molecule has 1 atom stereocenters. The molecule has 3 aromatic rings. The summed E-state index contributed by atoms with van der Waals surface area (Å²) in [6, 6.07) is 17.4. The highest BCUT2D eigenvalue weighted by Crippen LogP contribution is 2.29. The Kier molecular flexibility index (Phi) is 6.51. The summed E-state index contributed by atoms with van der Waals surface area (Å²) in [6.45, 7) is 5.15. The van der Waals surface area contributed by atoms with Crippen LogP contribution in [0, 0.1) is 0 Å². The summed E-state index contributed by atoms with van der Waals surface area (Å²) < 4.78 is 21.2. The van der Waals surface area contributed by atoms with Gasteiger partial charge in [0.15, 0.2) is 5.82 Å². The van der Waals surface area contributed by atoms with Gasteiger partial charge in [0.1, 0.15) is 5.60 Å². The highest BCUT2D eigenvalue weighted by atomic mass is 32.2. The van der Waals surface area contributed by atoms with Crippen LogP contribution in [0.2, 0.25) is 0 Å². The van der Waals surface area contributed by atoms with Gasteiger partial charge in [-0.15, -0.1) is 10.2 Å². The number of nitrogens with zero attached hydrogens (tertiary/aromatic N) is 3. The van der Waals surface area contributed by atoms with Crippen LogP contribution in [-0.4, -0.2) is 37.9 Å². The van der Waals surface area contributed by atoms with Gasteiger partial charge in [0.05, 0.1) is 0 Å². The van der Waals surface area contributed by atoms with Crippen LogP contribution < -0.4 is 5.32 Å². The molecule has 3 rings (SSSR count). The Morgan fingerprint density at radius 1 is 1.03 bits per heavy atom. The number of amides is 1. The summed E-state index contributed by atoms with van der Waals surface area (Å²) in [7, 11) is 0. The minimum atomic E-state index is -2.01. The second-order valence-corrected chi connectivity index (χ2v) is 8.29. The van der Waals surface area contributed by atoms with Gasteiger partial charge in [0.25, 0.3) is 5.91 Å². The number of benzene rings is 2. The van der Waals surface area contributed by atoms with E-state index in [-0.39, 0.29) is 11.0 Å². The molecule has 0 bridgehead atoms. The van der Waals surface area contributed by atoms with Crippen molar-refractivity contribution in [1.82, 2.24) is 14.8 Å². The molecule has 0 aliphatic rings. The number of halogens is 1. The van der Waals surface area contributed by atoms with Gasteiger partial charge in [-0.3, -0.25) is 4.79 Å². The minimum absolute atomic E-state index is 0.0844. The van der Waals surface area contributed by atoms with Gasteiger partial charge < -0.3 is 10.1 Å². The molecular formula is C21H21FN4O3S. The van der Waals surface area contributed by atoms with Gasteiger partial charge in [-0.05, 0) is 44.7 Å². The Labute approximate surface area is 177 Å². The predicted octanol–water partition coefficient (Wildman–Crippen LogP) is 4.75. The molecule has 156 valence electrons. The molecule has 30 heavy (non-hydrogen) atoms. The van der Waals surface area contributed by atoms with E-state index >= 15 is 0 Å². The highest BCUT2D eigenvalue weighted by molar-refractivity contribution is 8.00. The van der Waals surface area contributed by atoms with Gasteiger partial charge >= 0.3 is 6.09 Å². The summed E-state index contributed by atoms with van der Waals surface area (Å²) in [5.74, 6) is -0.672. The number of anilines is 1. The molecule has 2 aromatic carbocycles. The van der Waals surface area contributed by atoms with E-state index in [9.17, 15) is 14.0 Å². The highest BCUT2D eigenvalue weighted by Gasteiger charge is 2.29. The summed E-state index contributed by atoms with van der Waals surface area (Å²) in [4.78, 5) is 25.0. The molecule has 0 aliphatic heterocycles. The van der Waals surface area contributed by atoms with Crippen molar-refractivity contribution in [3.63, 3.8) is 0 Å². The first-order chi connectivity index (χ1) is 14.2. The normalized spacial score (nSPS) is 12.3. The first kappa shape index (κ1) is 21.5. The number of rotatable bonds is 5.